The summed E-state index contributed by atoms with van der Waals surface area (Å²) in [6.45, 7) is 12.9. The number of hydrogen-bond acceptors (Lipinski definition) is 5. The smallest absolute Gasteiger partial charge is 0.0900 e. The zero-order valence-corrected chi connectivity index (χ0v) is 15.9. The SMILES string of the molecule is CC1CCC(C(C)C)C(OCC(O)CN2CCN(CCO)CC2)C1. The van der Waals surface area contributed by atoms with Gasteiger partial charge in [-0.05, 0) is 30.6 Å². The lowest BCUT2D eigenvalue weighted by molar-refractivity contribution is -0.0755. The minimum Gasteiger partial charge on any atom is -0.395 e. The summed E-state index contributed by atoms with van der Waals surface area (Å²) in [5.41, 5.74) is 0. The van der Waals surface area contributed by atoms with Crippen molar-refractivity contribution in [3.63, 3.8) is 0 Å². The number of rotatable bonds is 8. The van der Waals surface area contributed by atoms with Crippen LogP contribution in [0.5, 0.6) is 0 Å². The molecule has 2 N–H and O–H groups in total. The van der Waals surface area contributed by atoms with Crippen LogP contribution in [-0.4, -0.2) is 84.7 Å². The Balaban J connectivity index is 1.69. The highest BCUT2D eigenvalue weighted by molar-refractivity contribution is 4.82. The van der Waals surface area contributed by atoms with Gasteiger partial charge in [-0.3, -0.25) is 9.80 Å². The lowest BCUT2D eigenvalue weighted by atomic mass is 9.75. The Kier molecular flexibility index (Phi) is 8.44. The lowest BCUT2D eigenvalue weighted by Gasteiger charge is -2.38. The van der Waals surface area contributed by atoms with Crippen LogP contribution in [0, 0.1) is 17.8 Å². The van der Waals surface area contributed by atoms with Crippen LogP contribution in [0.2, 0.25) is 0 Å². The molecule has 0 bridgehead atoms. The van der Waals surface area contributed by atoms with Crippen LogP contribution < -0.4 is 0 Å². The van der Waals surface area contributed by atoms with Gasteiger partial charge in [0, 0.05) is 39.3 Å². The monoisotopic (exact) mass is 342 g/mol. The largest absolute Gasteiger partial charge is 0.395 e. The molecule has 1 aliphatic carbocycles. The van der Waals surface area contributed by atoms with E-state index in [1.54, 1.807) is 0 Å². The molecule has 142 valence electrons. The van der Waals surface area contributed by atoms with Crippen LogP contribution in [0.3, 0.4) is 0 Å². The maximum Gasteiger partial charge on any atom is 0.0900 e. The third kappa shape index (κ3) is 6.26. The first-order valence-corrected chi connectivity index (χ1v) is 9.84. The van der Waals surface area contributed by atoms with Gasteiger partial charge in [0.05, 0.1) is 25.4 Å². The van der Waals surface area contributed by atoms with E-state index in [4.69, 9.17) is 9.84 Å². The zero-order chi connectivity index (χ0) is 17.5. The molecule has 4 atom stereocenters. The Labute approximate surface area is 148 Å². The van der Waals surface area contributed by atoms with Crippen molar-refractivity contribution >= 4 is 0 Å². The van der Waals surface area contributed by atoms with E-state index >= 15 is 0 Å². The van der Waals surface area contributed by atoms with Crippen molar-refractivity contribution in [2.45, 2.75) is 52.2 Å². The molecule has 5 nitrogen and oxygen atoms in total. The number of aliphatic hydroxyl groups is 2. The van der Waals surface area contributed by atoms with Gasteiger partial charge in [-0.15, -0.1) is 0 Å². The number of nitrogens with zero attached hydrogens (tertiary/aromatic N) is 2. The molecule has 4 unspecified atom stereocenters. The third-order valence-electron chi connectivity index (χ3n) is 5.81. The molecule has 24 heavy (non-hydrogen) atoms. The lowest BCUT2D eigenvalue weighted by Crippen LogP contribution is -2.49. The zero-order valence-electron chi connectivity index (χ0n) is 15.9. The highest BCUT2D eigenvalue weighted by atomic mass is 16.5. The number of piperazine rings is 1. The second-order valence-corrected chi connectivity index (χ2v) is 8.22. The molecule has 0 aromatic carbocycles. The van der Waals surface area contributed by atoms with E-state index in [1.807, 2.05) is 0 Å². The van der Waals surface area contributed by atoms with Crippen molar-refractivity contribution in [3.05, 3.63) is 0 Å². The third-order valence-corrected chi connectivity index (χ3v) is 5.81. The van der Waals surface area contributed by atoms with Crippen molar-refractivity contribution in [1.82, 2.24) is 9.80 Å². The van der Waals surface area contributed by atoms with E-state index in [2.05, 4.69) is 30.6 Å². The summed E-state index contributed by atoms with van der Waals surface area (Å²) in [4.78, 5) is 4.58. The van der Waals surface area contributed by atoms with Crippen LogP contribution in [0.25, 0.3) is 0 Å². The standard InChI is InChI=1S/C19H38N2O3/c1-15(2)18-5-4-16(3)12-19(18)24-14-17(23)13-21-8-6-20(7-9-21)10-11-22/h15-19,22-23H,4-14H2,1-3H3. The number of β-amino-alcohol motifs (C(OH)–C–C–N with tert-alkyl or cyclic N) is 2. The summed E-state index contributed by atoms with van der Waals surface area (Å²) in [5.74, 6) is 2.02. The summed E-state index contributed by atoms with van der Waals surface area (Å²) in [6, 6.07) is 0. The second kappa shape index (κ2) is 10.1. The predicted octanol–water partition coefficient (Wildman–Crippen LogP) is 1.43. The van der Waals surface area contributed by atoms with E-state index in [9.17, 15) is 5.11 Å². The molecule has 2 aliphatic rings. The Morgan fingerprint density at radius 3 is 2.38 bits per heavy atom. The van der Waals surface area contributed by atoms with E-state index in [1.165, 1.54) is 12.8 Å². The molecule has 1 heterocycles. The Morgan fingerprint density at radius 1 is 1.08 bits per heavy atom. The minimum atomic E-state index is -0.403. The van der Waals surface area contributed by atoms with Crippen molar-refractivity contribution < 1.29 is 14.9 Å². The molecule has 0 aromatic heterocycles. The summed E-state index contributed by atoms with van der Waals surface area (Å²) in [7, 11) is 0. The molecule has 0 amide bonds. The fourth-order valence-electron chi connectivity index (χ4n) is 4.23. The normalized spacial score (nSPS) is 31.5. The van der Waals surface area contributed by atoms with E-state index in [-0.39, 0.29) is 6.61 Å². The van der Waals surface area contributed by atoms with Crippen LogP contribution in [-0.2, 0) is 4.74 Å². The Hall–Kier alpha value is -0.200. The molecule has 1 saturated heterocycles. The van der Waals surface area contributed by atoms with Gasteiger partial charge in [0.1, 0.15) is 0 Å². The molecule has 1 saturated carbocycles. The molecule has 0 radical (unpaired) electrons. The second-order valence-electron chi connectivity index (χ2n) is 8.22. The van der Waals surface area contributed by atoms with Crippen molar-refractivity contribution in [2.24, 2.45) is 17.8 Å². The first-order chi connectivity index (χ1) is 11.5. The molecular weight excluding hydrogens is 304 g/mol. The van der Waals surface area contributed by atoms with Gasteiger partial charge >= 0.3 is 0 Å². The molecule has 2 fully saturated rings. The van der Waals surface area contributed by atoms with E-state index in [0.29, 0.717) is 31.1 Å². The first kappa shape index (κ1) is 20.1. The number of ether oxygens (including phenoxy) is 1. The fraction of sp³-hybridized carbons (Fsp3) is 1.00. The van der Waals surface area contributed by atoms with Gasteiger partial charge < -0.3 is 14.9 Å². The molecule has 0 aromatic rings. The summed E-state index contributed by atoms with van der Waals surface area (Å²) < 4.78 is 6.17. The van der Waals surface area contributed by atoms with Crippen molar-refractivity contribution in [1.29, 1.82) is 0 Å². The summed E-state index contributed by atoms with van der Waals surface area (Å²) in [6.07, 6.45) is 3.61. The minimum absolute atomic E-state index is 0.229. The van der Waals surface area contributed by atoms with Gasteiger partial charge in [-0.2, -0.15) is 0 Å². The molecule has 1 aliphatic heterocycles. The fourth-order valence-corrected chi connectivity index (χ4v) is 4.23. The molecule has 0 spiro atoms. The summed E-state index contributed by atoms with van der Waals surface area (Å²) >= 11 is 0. The van der Waals surface area contributed by atoms with Crippen molar-refractivity contribution in [3.8, 4) is 0 Å². The van der Waals surface area contributed by atoms with Crippen molar-refractivity contribution in [2.75, 3.05) is 52.5 Å². The van der Waals surface area contributed by atoms with Crippen LogP contribution in [0.1, 0.15) is 40.0 Å². The number of hydrogen-bond donors (Lipinski definition) is 2. The summed E-state index contributed by atoms with van der Waals surface area (Å²) in [5, 5.41) is 19.4. The highest BCUT2D eigenvalue weighted by Crippen LogP contribution is 2.35. The maximum atomic E-state index is 10.4. The Bertz CT molecular complexity index is 346. The molecule has 2 rings (SSSR count). The topological polar surface area (TPSA) is 56.2 Å². The van der Waals surface area contributed by atoms with Gasteiger partial charge in [0.25, 0.3) is 0 Å². The Morgan fingerprint density at radius 2 is 1.75 bits per heavy atom. The van der Waals surface area contributed by atoms with Crippen LogP contribution >= 0.6 is 0 Å². The molecule has 5 heteroatoms. The number of aliphatic hydroxyl groups excluding tert-OH is 2. The van der Waals surface area contributed by atoms with Gasteiger partial charge in [-0.25, -0.2) is 0 Å². The van der Waals surface area contributed by atoms with Gasteiger partial charge in [-0.1, -0.05) is 27.2 Å². The van der Waals surface area contributed by atoms with Gasteiger partial charge in [0.15, 0.2) is 0 Å². The maximum absolute atomic E-state index is 10.4. The van der Waals surface area contributed by atoms with E-state index in [0.717, 1.165) is 45.1 Å². The van der Waals surface area contributed by atoms with Gasteiger partial charge in [0.2, 0.25) is 0 Å². The molecular formula is C19H38N2O3. The van der Waals surface area contributed by atoms with E-state index < -0.39 is 6.10 Å². The first-order valence-electron chi connectivity index (χ1n) is 9.84. The predicted molar refractivity (Wildman–Crippen MR) is 97.1 cm³/mol. The quantitative estimate of drug-likeness (QED) is 0.699. The average molecular weight is 343 g/mol. The van der Waals surface area contributed by atoms with Crippen LogP contribution in [0.4, 0.5) is 0 Å². The van der Waals surface area contributed by atoms with Crippen LogP contribution in [0.15, 0.2) is 0 Å². The highest BCUT2D eigenvalue weighted by Gasteiger charge is 2.32. The average Bonchev–Trinajstić information content (AvgIpc) is 2.55.